The van der Waals surface area contributed by atoms with Crippen molar-refractivity contribution >= 4 is 29.6 Å². The fourth-order valence-electron chi connectivity index (χ4n) is 5.36. The first-order valence-electron chi connectivity index (χ1n) is 9.58. The van der Waals surface area contributed by atoms with Gasteiger partial charge in [0.25, 0.3) is 11.8 Å². The Balaban J connectivity index is 1.24. The van der Waals surface area contributed by atoms with E-state index in [1.165, 1.54) is 6.21 Å². The van der Waals surface area contributed by atoms with Gasteiger partial charge in [-0.15, -0.1) is 0 Å². The number of allylic oxidation sites excluding steroid dienone is 2. The maximum absolute atomic E-state index is 12.9. The van der Waals surface area contributed by atoms with E-state index in [0.29, 0.717) is 28.4 Å². The van der Waals surface area contributed by atoms with Gasteiger partial charge in [-0.2, -0.15) is 10.1 Å². The highest BCUT2D eigenvalue weighted by Gasteiger charge is 2.67. The van der Waals surface area contributed by atoms with Gasteiger partial charge in [-0.1, -0.05) is 23.8 Å². The van der Waals surface area contributed by atoms with Gasteiger partial charge in [0.15, 0.2) is 0 Å². The molecule has 6 heteroatoms. The number of imide groups is 1. The zero-order chi connectivity index (χ0) is 19.0. The van der Waals surface area contributed by atoms with Crippen molar-refractivity contribution in [3.05, 3.63) is 59.3 Å². The minimum absolute atomic E-state index is 0.166. The number of halogens is 1. The second-order valence-corrected chi connectivity index (χ2v) is 8.53. The molecule has 5 aliphatic rings. The fraction of sp³-hybridized carbons (Fsp3) is 0.318. The summed E-state index contributed by atoms with van der Waals surface area (Å²) in [5, 5.41) is 5.93. The maximum Gasteiger partial charge on any atom is 0.254 e. The van der Waals surface area contributed by atoms with E-state index in [4.69, 9.17) is 16.0 Å². The van der Waals surface area contributed by atoms with Crippen molar-refractivity contribution in [2.24, 2.45) is 40.6 Å². The van der Waals surface area contributed by atoms with Gasteiger partial charge in [0.2, 0.25) is 0 Å². The molecule has 1 aromatic heterocycles. The normalized spacial score (nSPS) is 35.0. The highest BCUT2D eigenvalue weighted by atomic mass is 35.5. The standard InChI is InChI=1S/C22H17ClN2O3/c23-12-3-1-11(2-4-12)18-8-5-13(28-18)10-24-25-21(26)19-14-6-7-15(17-9-16(14)17)20(19)22(25)27/h1-8,10,14-17,19-20H,9H2/b24-10-/t14-,15-,16-,17-,19-,20+/m0/s1. The summed E-state index contributed by atoms with van der Waals surface area (Å²) in [4.78, 5) is 25.8. The molecule has 1 aromatic carbocycles. The first kappa shape index (κ1) is 16.3. The molecule has 4 aliphatic carbocycles. The molecule has 7 rings (SSSR count). The number of carbonyl (C=O) groups excluding carboxylic acids is 2. The number of hydrogen-bond acceptors (Lipinski definition) is 4. The number of carbonyl (C=O) groups is 2. The Morgan fingerprint density at radius 2 is 1.61 bits per heavy atom. The molecular formula is C22H17ClN2O3. The summed E-state index contributed by atoms with van der Waals surface area (Å²) in [6.45, 7) is 0. The molecule has 0 N–H and O–H groups in total. The van der Waals surface area contributed by atoms with Crippen molar-refractivity contribution in [2.45, 2.75) is 6.42 Å². The SMILES string of the molecule is O=C1[C@@H]2[C@H]3C=C[C@@H]([C@@H]4C[C@@H]34)[C@@H]2C(=O)N1/N=C\c1ccc(-c2ccc(Cl)cc2)o1. The molecule has 2 bridgehead atoms. The molecular weight excluding hydrogens is 376 g/mol. The Morgan fingerprint density at radius 1 is 0.964 bits per heavy atom. The minimum atomic E-state index is -0.232. The van der Waals surface area contributed by atoms with Crippen molar-refractivity contribution < 1.29 is 14.0 Å². The van der Waals surface area contributed by atoms with Crippen molar-refractivity contribution in [1.29, 1.82) is 0 Å². The molecule has 0 unspecified atom stereocenters. The molecule has 2 amide bonds. The molecule has 140 valence electrons. The third kappa shape index (κ3) is 2.23. The van der Waals surface area contributed by atoms with Crippen molar-refractivity contribution in [2.75, 3.05) is 0 Å². The Kier molecular flexibility index (Phi) is 3.30. The highest BCUT2D eigenvalue weighted by Crippen LogP contribution is 2.65. The van der Waals surface area contributed by atoms with Gasteiger partial charge in [0, 0.05) is 10.6 Å². The Labute approximate surface area is 166 Å². The van der Waals surface area contributed by atoms with E-state index in [-0.39, 0.29) is 35.5 Å². The summed E-state index contributed by atoms with van der Waals surface area (Å²) in [5.74, 6) is 1.95. The number of nitrogens with zero attached hydrogens (tertiary/aromatic N) is 2. The molecule has 3 fully saturated rings. The summed E-state index contributed by atoms with van der Waals surface area (Å²) < 4.78 is 5.78. The minimum Gasteiger partial charge on any atom is -0.455 e. The predicted molar refractivity (Wildman–Crippen MR) is 103 cm³/mol. The lowest BCUT2D eigenvalue weighted by molar-refractivity contribution is -0.140. The van der Waals surface area contributed by atoms with Gasteiger partial charge in [0.05, 0.1) is 18.1 Å². The lowest BCUT2D eigenvalue weighted by atomic mass is 9.63. The summed E-state index contributed by atoms with van der Waals surface area (Å²) in [5.41, 5.74) is 0.894. The number of hydrazone groups is 1. The quantitative estimate of drug-likeness (QED) is 0.451. The largest absolute Gasteiger partial charge is 0.455 e. The monoisotopic (exact) mass is 392 g/mol. The van der Waals surface area contributed by atoms with Crippen molar-refractivity contribution in [3.63, 3.8) is 0 Å². The van der Waals surface area contributed by atoms with Crippen LogP contribution >= 0.6 is 11.6 Å². The average Bonchev–Trinajstić information content (AvgIpc) is 3.34. The van der Waals surface area contributed by atoms with Crippen LogP contribution in [0.15, 0.2) is 58.1 Å². The second kappa shape index (κ2) is 5.67. The Bertz CT molecular complexity index is 1020. The van der Waals surface area contributed by atoms with Gasteiger partial charge in [0.1, 0.15) is 11.5 Å². The number of amides is 2. The van der Waals surface area contributed by atoms with E-state index in [0.717, 1.165) is 17.0 Å². The smallest absolute Gasteiger partial charge is 0.254 e. The third-order valence-electron chi connectivity index (χ3n) is 6.70. The van der Waals surface area contributed by atoms with Crippen LogP contribution < -0.4 is 0 Å². The van der Waals surface area contributed by atoms with E-state index in [9.17, 15) is 9.59 Å². The van der Waals surface area contributed by atoms with Gasteiger partial charge in [-0.25, -0.2) is 0 Å². The van der Waals surface area contributed by atoms with E-state index in [1.54, 1.807) is 18.2 Å². The van der Waals surface area contributed by atoms with E-state index in [1.807, 2.05) is 18.2 Å². The van der Waals surface area contributed by atoms with Crippen LogP contribution in [0.4, 0.5) is 0 Å². The number of furan rings is 1. The third-order valence-corrected chi connectivity index (χ3v) is 6.95. The summed E-state index contributed by atoms with van der Waals surface area (Å²) in [6.07, 6.45) is 6.91. The highest BCUT2D eigenvalue weighted by molar-refractivity contribution is 6.30. The lowest BCUT2D eigenvalue weighted by Gasteiger charge is -2.37. The lowest BCUT2D eigenvalue weighted by Crippen LogP contribution is -2.40. The summed E-state index contributed by atoms with van der Waals surface area (Å²) >= 11 is 5.92. The number of rotatable bonds is 3. The summed E-state index contributed by atoms with van der Waals surface area (Å²) in [7, 11) is 0. The predicted octanol–water partition coefficient (Wildman–Crippen LogP) is 3.99. The molecule has 1 saturated heterocycles. The molecule has 0 radical (unpaired) electrons. The molecule has 2 aromatic rings. The zero-order valence-corrected chi connectivity index (χ0v) is 15.6. The second-order valence-electron chi connectivity index (χ2n) is 8.10. The van der Waals surface area contributed by atoms with Crippen LogP contribution in [-0.4, -0.2) is 23.0 Å². The zero-order valence-electron chi connectivity index (χ0n) is 14.9. The fourth-order valence-corrected chi connectivity index (χ4v) is 5.49. The van der Waals surface area contributed by atoms with Crippen molar-refractivity contribution in [1.82, 2.24) is 5.01 Å². The first-order valence-corrected chi connectivity index (χ1v) is 9.95. The molecule has 2 saturated carbocycles. The van der Waals surface area contributed by atoms with Gasteiger partial charge < -0.3 is 4.42 Å². The van der Waals surface area contributed by atoms with Crippen LogP contribution in [0, 0.1) is 35.5 Å². The van der Waals surface area contributed by atoms with Crippen LogP contribution in [-0.2, 0) is 9.59 Å². The van der Waals surface area contributed by atoms with Crippen molar-refractivity contribution in [3.8, 4) is 11.3 Å². The van der Waals surface area contributed by atoms with Crippen LogP contribution in [0.3, 0.4) is 0 Å². The van der Waals surface area contributed by atoms with Gasteiger partial charge in [-0.05, 0) is 66.5 Å². The van der Waals surface area contributed by atoms with Crippen LogP contribution in [0.1, 0.15) is 12.2 Å². The van der Waals surface area contributed by atoms with E-state index in [2.05, 4.69) is 17.3 Å². The molecule has 1 aliphatic heterocycles. The van der Waals surface area contributed by atoms with E-state index < -0.39 is 0 Å². The van der Waals surface area contributed by atoms with E-state index >= 15 is 0 Å². The van der Waals surface area contributed by atoms with Crippen LogP contribution in [0.25, 0.3) is 11.3 Å². The Morgan fingerprint density at radius 3 is 2.25 bits per heavy atom. The maximum atomic E-state index is 12.9. The number of hydrogen-bond donors (Lipinski definition) is 0. The number of benzene rings is 1. The first-order chi connectivity index (χ1) is 13.6. The Hall–Kier alpha value is -2.66. The average molecular weight is 393 g/mol. The molecule has 2 heterocycles. The molecule has 28 heavy (non-hydrogen) atoms. The van der Waals surface area contributed by atoms with Gasteiger partial charge in [-0.3, -0.25) is 9.59 Å². The summed E-state index contributed by atoms with van der Waals surface area (Å²) in [6, 6.07) is 10.9. The van der Waals surface area contributed by atoms with Crippen LogP contribution in [0.2, 0.25) is 5.02 Å². The van der Waals surface area contributed by atoms with Crippen LogP contribution in [0.5, 0.6) is 0 Å². The molecule has 6 atom stereocenters. The molecule has 5 nitrogen and oxygen atoms in total. The topological polar surface area (TPSA) is 62.9 Å². The molecule has 0 spiro atoms. The van der Waals surface area contributed by atoms with Gasteiger partial charge >= 0.3 is 0 Å².